The fraction of sp³-hybridized carbons (Fsp3) is 0.526. The molecule has 0 saturated carbocycles. The molecule has 0 saturated heterocycles. The smallest absolute Gasteiger partial charge is 0.337 e. The van der Waals surface area contributed by atoms with Gasteiger partial charge in [0.1, 0.15) is 0 Å². The van der Waals surface area contributed by atoms with Gasteiger partial charge in [0.2, 0.25) is 0 Å². The first kappa shape index (κ1) is 15.1. The van der Waals surface area contributed by atoms with Crippen molar-refractivity contribution in [3.8, 4) is 0 Å². The number of nitrogens with zero attached hydrogens (tertiary/aromatic N) is 1. The van der Waals surface area contributed by atoms with Crippen molar-refractivity contribution in [2.75, 3.05) is 0 Å². The van der Waals surface area contributed by atoms with Crippen molar-refractivity contribution in [2.24, 2.45) is 11.3 Å². The Morgan fingerprint density at radius 1 is 1.36 bits per heavy atom. The Bertz CT molecular complexity index is 734. The summed E-state index contributed by atoms with van der Waals surface area (Å²) >= 11 is 0. The van der Waals surface area contributed by atoms with Crippen LogP contribution in [-0.2, 0) is 19.4 Å². The minimum absolute atomic E-state index is 0.294. The molecule has 0 amide bonds. The molecule has 2 aromatic rings. The van der Waals surface area contributed by atoms with Gasteiger partial charge in [-0.1, -0.05) is 32.9 Å². The van der Waals surface area contributed by atoms with Crippen molar-refractivity contribution in [1.82, 2.24) is 4.57 Å². The Balaban J connectivity index is 2.24. The third kappa shape index (κ3) is 2.23. The predicted octanol–water partition coefficient (Wildman–Crippen LogP) is 4.51. The van der Waals surface area contributed by atoms with Crippen molar-refractivity contribution in [3.05, 3.63) is 35.0 Å². The quantitative estimate of drug-likeness (QED) is 0.886. The maximum atomic E-state index is 11.6. The maximum Gasteiger partial charge on any atom is 0.337 e. The average molecular weight is 299 g/mol. The van der Waals surface area contributed by atoms with Crippen LogP contribution < -0.4 is 0 Å². The molecule has 0 aliphatic heterocycles. The SMILES string of the molecule is CCn1c2c(c3cccc(C(=O)O)c31)CC(C(C)(C)C)CC2. The van der Waals surface area contributed by atoms with E-state index >= 15 is 0 Å². The standard InChI is InChI=1S/C19H25NO2/c1-5-20-16-10-9-12(19(2,3)4)11-15(16)13-7-6-8-14(17(13)20)18(21)22/h6-8,12H,5,9-11H2,1-4H3,(H,21,22). The lowest BCUT2D eigenvalue weighted by atomic mass is 9.71. The Kier molecular flexibility index (Phi) is 3.54. The number of aryl methyl sites for hydroxylation is 1. The molecule has 1 aromatic carbocycles. The van der Waals surface area contributed by atoms with Crippen LogP contribution >= 0.6 is 0 Å². The average Bonchev–Trinajstić information content (AvgIpc) is 2.79. The minimum Gasteiger partial charge on any atom is -0.478 e. The molecule has 3 rings (SSSR count). The molecular weight excluding hydrogens is 274 g/mol. The number of hydrogen-bond donors (Lipinski definition) is 1. The molecule has 0 bridgehead atoms. The van der Waals surface area contributed by atoms with Crippen LogP contribution in [0.4, 0.5) is 0 Å². The first-order valence-electron chi connectivity index (χ1n) is 8.20. The lowest BCUT2D eigenvalue weighted by Crippen LogP contribution is -2.27. The van der Waals surface area contributed by atoms with Crippen molar-refractivity contribution in [2.45, 2.75) is 53.5 Å². The monoisotopic (exact) mass is 299 g/mol. The van der Waals surface area contributed by atoms with Gasteiger partial charge in [-0.25, -0.2) is 4.79 Å². The number of fused-ring (bicyclic) bond motifs is 3. The third-order valence-electron chi connectivity index (χ3n) is 5.26. The van der Waals surface area contributed by atoms with Crippen LogP contribution in [0.3, 0.4) is 0 Å². The lowest BCUT2D eigenvalue weighted by molar-refractivity contribution is 0.0698. The van der Waals surface area contributed by atoms with E-state index in [1.54, 1.807) is 6.07 Å². The zero-order chi connectivity index (χ0) is 16.1. The van der Waals surface area contributed by atoms with Crippen LogP contribution in [0.2, 0.25) is 0 Å². The summed E-state index contributed by atoms with van der Waals surface area (Å²) in [6, 6.07) is 5.70. The summed E-state index contributed by atoms with van der Waals surface area (Å²) in [6.07, 6.45) is 3.31. The first-order chi connectivity index (χ1) is 10.3. The van der Waals surface area contributed by atoms with E-state index in [0.717, 1.165) is 30.3 Å². The summed E-state index contributed by atoms with van der Waals surface area (Å²) in [5, 5.41) is 10.7. The van der Waals surface area contributed by atoms with Gasteiger partial charge in [-0.3, -0.25) is 0 Å². The fourth-order valence-corrected chi connectivity index (χ4v) is 3.96. The van der Waals surface area contributed by atoms with Gasteiger partial charge in [-0.2, -0.15) is 0 Å². The molecule has 1 atom stereocenters. The van der Waals surface area contributed by atoms with E-state index in [9.17, 15) is 9.90 Å². The molecule has 0 spiro atoms. The van der Waals surface area contributed by atoms with Gasteiger partial charge in [0.15, 0.2) is 0 Å². The second-order valence-corrected chi connectivity index (χ2v) is 7.48. The number of aromatic carboxylic acids is 1. The fourth-order valence-electron chi connectivity index (χ4n) is 3.96. The van der Waals surface area contributed by atoms with Crippen LogP contribution in [-0.4, -0.2) is 15.6 Å². The second kappa shape index (κ2) is 5.15. The molecule has 3 nitrogen and oxygen atoms in total. The molecule has 118 valence electrons. The zero-order valence-electron chi connectivity index (χ0n) is 13.9. The van der Waals surface area contributed by atoms with E-state index in [1.165, 1.54) is 17.7 Å². The van der Waals surface area contributed by atoms with Crippen molar-refractivity contribution in [1.29, 1.82) is 0 Å². The molecule has 1 N–H and O–H groups in total. The predicted molar refractivity (Wildman–Crippen MR) is 89.5 cm³/mol. The first-order valence-corrected chi connectivity index (χ1v) is 8.20. The van der Waals surface area contributed by atoms with Crippen molar-refractivity contribution >= 4 is 16.9 Å². The molecular formula is C19H25NO2. The second-order valence-electron chi connectivity index (χ2n) is 7.48. The summed E-state index contributed by atoms with van der Waals surface area (Å²) in [5.74, 6) is -0.174. The van der Waals surface area contributed by atoms with E-state index in [1.807, 2.05) is 6.07 Å². The molecule has 1 aromatic heterocycles. The van der Waals surface area contributed by atoms with Gasteiger partial charge in [0.05, 0.1) is 11.1 Å². The van der Waals surface area contributed by atoms with Gasteiger partial charge in [0.25, 0.3) is 0 Å². The van der Waals surface area contributed by atoms with E-state index in [-0.39, 0.29) is 0 Å². The lowest BCUT2D eigenvalue weighted by Gasteiger charge is -2.34. The molecule has 22 heavy (non-hydrogen) atoms. The molecule has 1 heterocycles. The highest BCUT2D eigenvalue weighted by molar-refractivity contribution is 6.04. The van der Waals surface area contributed by atoms with Crippen LogP contribution in [0.25, 0.3) is 10.9 Å². The Morgan fingerprint density at radius 3 is 2.68 bits per heavy atom. The van der Waals surface area contributed by atoms with Gasteiger partial charge in [0, 0.05) is 17.6 Å². The number of rotatable bonds is 2. The summed E-state index contributed by atoms with van der Waals surface area (Å²) in [4.78, 5) is 11.6. The molecule has 0 radical (unpaired) electrons. The molecule has 1 aliphatic carbocycles. The topological polar surface area (TPSA) is 42.2 Å². The summed E-state index contributed by atoms with van der Waals surface area (Å²) in [7, 11) is 0. The van der Waals surface area contributed by atoms with Crippen LogP contribution in [0.1, 0.15) is 55.7 Å². The highest BCUT2D eigenvalue weighted by atomic mass is 16.4. The number of para-hydroxylation sites is 1. The highest BCUT2D eigenvalue weighted by Gasteiger charge is 2.32. The molecule has 1 unspecified atom stereocenters. The largest absolute Gasteiger partial charge is 0.478 e. The molecule has 0 fully saturated rings. The summed E-state index contributed by atoms with van der Waals surface area (Å²) in [6.45, 7) is 9.86. The number of carboxylic acids is 1. The van der Waals surface area contributed by atoms with Crippen molar-refractivity contribution in [3.63, 3.8) is 0 Å². The van der Waals surface area contributed by atoms with Gasteiger partial charge in [-0.05, 0) is 49.1 Å². The number of hydrogen-bond acceptors (Lipinski definition) is 1. The number of carbonyl (C=O) groups is 1. The van der Waals surface area contributed by atoms with Gasteiger partial charge >= 0.3 is 5.97 Å². The normalized spacial score (nSPS) is 18.5. The van der Waals surface area contributed by atoms with E-state index in [4.69, 9.17) is 0 Å². The molecule has 3 heteroatoms. The van der Waals surface area contributed by atoms with Crippen LogP contribution in [0.15, 0.2) is 18.2 Å². The number of carboxylic acid groups (broad SMARTS) is 1. The minimum atomic E-state index is -0.831. The Morgan fingerprint density at radius 2 is 2.09 bits per heavy atom. The maximum absolute atomic E-state index is 11.6. The summed E-state index contributed by atoms with van der Waals surface area (Å²) in [5.41, 5.74) is 4.37. The Labute approximate surface area is 131 Å². The Hall–Kier alpha value is -1.77. The number of aromatic nitrogens is 1. The van der Waals surface area contributed by atoms with Crippen molar-refractivity contribution < 1.29 is 9.90 Å². The van der Waals surface area contributed by atoms with E-state index in [0.29, 0.717) is 16.9 Å². The van der Waals surface area contributed by atoms with E-state index in [2.05, 4.69) is 38.3 Å². The molecule has 1 aliphatic rings. The van der Waals surface area contributed by atoms with Crippen LogP contribution in [0.5, 0.6) is 0 Å². The van der Waals surface area contributed by atoms with Gasteiger partial charge in [-0.15, -0.1) is 0 Å². The van der Waals surface area contributed by atoms with E-state index < -0.39 is 5.97 Å². The third-order valence-corrected chi connectivity index (χ3v) is 5.26. The van der Waals surface area contributed by atoms with Gasteiger partial charge < -0.3 is 9.67 Å². The highest BCUT2D eigenvalue weighted by Crippen LogP contribution is 2.41. The number of benzene rings is 1. The zero-order valence-corrected chi connectivity index (χ0v) is 13.9. The summed E-state index contributed by atoms with van der Waals surface area (Å²) < 4.78 is 2.23. The van der Waals surface area contributed by atoms with Crippen LogP contribution in [0, 0.1) is 11.3 Å².